The number of hydrogen-bond donors (Lipinski definition) is 1. The number of hydrogen-bond acceptors (Lipinski definition) is 4. The number of aromatic nitrogens is 4. The second kappa shape index (κ2) is 5.79. The predicted molar refractivity (Wildman–Crippen MR) is 78.2 cm³/mol. The molecule has 5 nitrogen and oxygen atoms in total. The van der Waals surface area contributed by atoms with E-state index in [4.69, 9.17) is 0 Å². The zero-order valence-corrected chi connectivity index (χ0v) is 11.5. The second-order valence-electron chi connectivity index (χ2n) is 4.82. The SMILES string of the molecule is Cn1cnc(CCNCc2ccc3cnccc3c2)n1. The van der Waals surface area contributed by atoms with Gasteiger partial charge in [0, 0.05) is 44.3 Å². The molecule has 0 aliphatic rings. The monoisotopic (exact) mass is 267 g/mol. The Labute approximate surface area is 117 Å². The van der Waals surface area contributed by atoms with Crippen LogP contribution >= 0.6 is 0 Å². The summed E-state index contributed by atoms with van der Waals surface area (Å²) in [4.78, 5) is 8.33. The Kier molecular flexibility index (Phi) is 3.69. The minimum absolute atomic E-state index is 0.846. The van der Waals surface area contributed by atoms with E-state index in [2.05, 4.69) is 38.6 Å². The highest BCUT2D eigenvalue weighted by atomic mass is 15.3. The zero-order chi connectivity index (χ0) is 13.8. The molecule has 0 bridgehead atoms. The standard InChI is InChI=1S/C15H17N5/c1-20-11-18-15(19-20)5-7-16-9-12-2-3-14-10-17-6-4-13(14)8-12/h2-4,6,8,10-11,16H,5,7,9H2,1H3. The number of nitrogens with zero attached hydrogens (tertiary/aromatic N) is 4. The first kappa shape index (κ1) is 12.7. The third kappa shape index (κ3) is 3.00. The van der Waals surface area contributed by atoms with Crippen LogP contribution in [-0.4, -0.2) is 26.3 Å². The van der Waals surface area contributed by atoms with E-state index >= 15 is 0 Å². The van der Waals surface area contributed by atoms with Crippen molar-refractivity contribution in [3.8, 4) is 0 Å². The normalized spacial score (nSPS) is 11.1. The van der Waals surface area contributed by atoms with E-state index in [1.807, 2.05) is 25.5 Å². The van der Waals surface area contributed by atoms with Gasteiger partial charge in [0.1, 0.15) is 6.33 Å². The lowest BCUT2D eigenvalue weighted by atomic mass is 10.1. The molecule has 1 N–H and O–H groups in total. The van der Waals surface area contributed by atoms with Crippen molar-refractivity contribution in [1.82, 2.24) is 25.1 Å². The van der Waals surface area contributed by atoms with E-state index in [0.29, 0.717) is 0 Å². The second-order valence-corrected chi connectivity index (χ2v) is 4.82. The fourth-order valence-electron chi connectivity index (χ4n) is 2.17. The molecule has 2 heterocycles. The Morgan fingerprint density at radius 3 is 3.00 bits per heavy atom. The highest BCUT2D eigenvalue weighted by Crippen LogP contribution is 2.14. The van der Waals surface area contributed by atoms with E-state index in [1.54, 1.807) is 11.0 Å². The first-order valence-corrected chi connectivity index (χ1v) is 6.69. The van der Waals surface area contributed by atoms with Gasteiger partial charge in [0.2, 0.25) is 0 Å². The van der Waals surface area contributed by atoms with E-state index in [0.717, 1.165) is 25.3 Å². The van der Waals surface area contributed by atoms with Gasteiger partial charge in [-0.1, -0.05) is 12.1 Å². The summed E-state index contributed by atoms with van der Waals surface area (Å²) < 4.78 is 1.73. The van der Waals surface area contributed by atoms with Crippen LogP contribution < -0.4 is 5.32 Å². The number of benzene rings is 1. The van der Waals surface area contributed by atoms with Crippen LogP contribution in [0.4, 0.5) is 0 Å². The fraction of sp³-hybridized carbons (Fsp3) is 0.267. The van der Waals surface area contributed by atoms with Crippen LogP contribution in [0, 0.1) is 0 Å². The van der Waals surface area contributed by atoms with Gasteiger partial charge in [0.05, 0.1) is 0 Å². The maximum atomic E-state index is 4.25. The van der Waals surface area contributed by atoms with Crippen LogP contribution in [0.5, 0.6) is 0 Å². The molecular weight excluding hydrogens is 250 g/mol. The molecule has 0 saturated heterocycles. The van der Waals surface area contributed by atoms with Crippen molar-refractivity contribution in [1.29, 1.82) is 0 Å². The molecule has 0 atom stereocenters. The van der Waals surface area contributed by atoms with Crippen molar-refractivity contribution in [2.45, 2.75) is 13.0 Å². The van der Waals surface area contributed by atoms with Crippen molar-refractivity contribution >= 4 is 10.8 Å². The molecule has 3 aromatic rings. The number of pyridine rings is 1. The lowest BCUT2D eigenvalue weighted by molar-refractivity contribution is 0.661. The van der Waals surface area contributed by atoms with Crippen LogP contribution in [0.2, 0.25) is 0 Å². The third-order valence-electron chi connectivity index (χ3n) is 3.21. The Balaban J connectivity index is 1.54. The molecule has 2 aromatic heterocycles. The number of nitrogens with one attached hydrogen (secondary N) is 1. The quantitative estimate of drug-likeness (QED) is 0.715. The summed E-state index contributed by atoms with van der Waals surface area (Å²) in [5.41, 5.74) is 1.28. The van der Waals surface area contributed by atoms with E-state index in [9.17, 15) is 0 Å². The molecule has 20 heavy (non-hydrogen) atoms. The first-order valence-electron chi connectivity index (χ1n) is 6.69. The average molecular weight is 267 g/mol. The molecule has 0 aliphatic carbocycles. The van der Waals surface area contributed by atoms with Crippen LogP contribution in [0.15, 0.2) is 43.0 Å². The molecule has 0 spiro atoms. The summed E-state index contributed by atoms with van der Waals surface area (Å²) in [6, 6.07) is 8.48. The Morgan fingerprint density at radius 2 is 2.15 bits per heavy atom. The van der Waals surface area contributed by atoms with Crippen molar-refractivity contribution in [3.05, 3.63) is 54.4 Å². The van der Waals surface area contributed by atoms with Gasteiger partial charge in [0.25, 0.3) is 0 Å². The smallest absolute Gasteiger partial charge is 0.151 e. The van der Waals surface area contributed by atoms with Crippen molar-refractivity contribution in [3.63, 3.8) is 0 Å². The van der Waals surface area contributed by atoms with Gasteiger partial charge in [-0.2, -0.15) is 5.10 Å². The summed E-state index contributed by atoms with van der Waals surface area (Å²) in [7, 11) is 1.88. The van der Waals surface area contributed by atoms with Gasteiger partial charge in [-0.05, 0) is 23.1 Å². The first-order chi connectivity index (χ1) is 9.81. The minimum Gasteiger partial charge on any atom is -0.312 e. The fourth-order valence-corrected chi connectivity index (χ4v) is 2.17. The van der Waals surface area contributed by atoms with Crippen molar-refractivity contribution in [2.75, 3.05) is 6.54 Å². The van der Waals surface area contributed by atoms with Crippen LogP contribution in [0.3, 0.4) is 0 Å². The summed E-state index contributed by atoms with van der Waals surface area (Å²) in [6.07, 6.45) is 6.29. The summed E-state index contributed by atoms with van der Waals surface area (Å²) >= 11 is 0. The molecule has 0 aliphatic heterocycles. The molecule has 5 heteroatoms. The topological polar surface area (TPSA) is 55.6 Å². The van der Waals surface area contributed by atoms with Crippen molar-refractivity contribution in [2.24, 2.45) is 7.05 Å². The van der Waals surface area contributed by atoms with Crippen LogP contribution in [0.25, 0.3) is 10.8 Å². The van der Waals surface area contributed by atoms with Crippen molar-refractivity contribution < 1.29 is 0 Å². The predicted octanol–water partition coefficient (Wildman–Crippen LogP) is 1.70. The van der Waals surface area contributed by atoms with Crippen LogP contribution in [-0.2, 0) is 20.0 Å². The summed E-state index contributed by atoms with van der Waals surface area (Å²) in [6.45, 7) is 1.73. The Hall–Kier alpha value is -2.27. The lowest BCUT2D eigenvalue weighted by Gasteiger charge is -2.05. The number of fused-ring (bicyclic) bond motifs is 1. The van der Waals surface area contributed by atoms with Gasteiger partial charge in [-0.3, -0.25) is 9.67 Å². The van der Waals surface area contributed by atoms with E-state index in [-0.39, 0.29) is 0 Å². The van der Waals surface area contributed by atoms with E-state index < -0.39 is 0 Å². The molecule has 0 unspecified atom stereocenters. The number of rotatable bonds is 5. The molecule has 0 fully saturated rings. The highest BCUT2D eigenvalue weighted by molar-refractivity contribution is 5.81. The number of aryl methyl sites for hydroxylation is 1. The summed E-state index contributed by atoms with van der Waals surface area (Å²) in [5, 5.41) is 10.1. The largest absolute Gasteiger partial charge is 0.312 e. The van der Waals surface area contributed by atoms with Gasteiger partial charge in [-0.15, -0.1) is 0 Å². The Bertz CT molecular complexity index is 704. The third-order valence-corrected chi connectivity index (χ3v) is 3.21. The minimum atomic E-state index is 0.846. The zero-order valence-electron chi connectivity index (χ0n) is 11.5. The molecule has 0 amide bonds. The molecule has 0 saturated carbocycles. The maximum absolute atomic E-state index is 4.25. The summed E-state index contributed by atoms with van der Waals surface area (Å²) in [5.74, 6) is 0.879. The molecular formula is C15H17N5. The lowest BCUT2D eigenvalue weighted by Crippen LogP contribution is -2.17. The highest BCUT2D eigenvalue weighted by Gasteiger charge is 1.99. The molecule has 1 aromatic carbocycles. The van der Waals surface area contributed by atoms with E-state index in [1.165, 1.54) is 16.3 Å². The van der Waals surface area contributed by atoms with Gasteiger partial charge in [-0.25, -0.2) is 4.98 Å². The van der Waals surface area contributed by atoms with Gasteiger partial charge in [0.15, 0.2) is 5.82 Å². The van der Waals surface area contributed by atoms with Gasteiger partial charge >= 0.3 is 0 Å². The average Bonchev–Trinajstić information content (AvgIpc) is 2.89. The van der Waals surface area contributed by atoms with Gasteiger partial charge < -0.3 is 5.32 Å². The maximum Gasteiger partial charge on any atom is 0.151 e. The molecule has 0 radical (unpaired) electrons. The molecule has 102 valence electrons. The Morgan fingerprint density at radius 1 is 1.20 bits per heavy atom. The van der Waals surface area contributed by atoms with Crippen LogP contribution in [0.1, 0.15) is 11.4 Å². The molecule has 3 rings (SSSR count).